The van der Waals surface area contributed by atoms with Gasteiger partial charge in [-0.1, -0.05) is 29.8 Å². The minimum absolute atomic E-state index is 0.0714. The monoisotopic (exact) mass is 449 g/mol. The highest BCUT2D eigenvalue weighted by Crippen LogP contribution is 2.22. The standard InChI is InChI=1S/C26H31N3O2S/c1-16-7-10-23(19(4)12-16)27-26(32)29(15-21-6-5-11-31-21)14-20-13-22-17(2)8-9-18(3)24(22)28-25(20)30/h7-10,12-13,21H,5-6,11,14-15H2,1-4H3,(H,27,32)(H,28,30). The molecule has 1 aliphatic heterocycles. The van der Waals surface area contributed by atoms with Gasteiger partial charge in [-0.3, -0.25) is 4.79 Å². The Morgan fingerprint density at radius 2 is 1.91 bits per heavy atom. The Balaban J connectivity index is 1.64. The Kier molecular flexibility index (Phi) is 6.63. The first kappa shape index (κ1) is 22.5. The number of pyridine rings is 1. The molecule has 0 aliphatic carbocycles. The van der Waals surface area contributed by atoms with Crippen LogP contribution in [0, 0.1) is 27.7 Å². The van der Waals surface area contributed by atoms with Crippen LogP contribution < -0.4 is 10.9 Å². The quantitative estimate of drug-likeness (QED) is 0.528. The maximum Gasteiger partial charge on any atom is 0.253 e. The van der Waals surface area contributed by atoms with Crippen LogP contribution in [0.2, 0.25) is 0 Å². The van der Waals surface area contributed by atoms with Crippen molar-refractivity contribution in [3.05, 3.63) is 74.6 Å². The van der Waals surface area contributed by atoms with Crippen LogP contribution in [0.1, 0.15) is 40.7 Å². The zero-order valence-electron chi connectivity index (χ0n) is 19.2. The second-order valence-corrected chi connectivity index (χ2v) is 9.26. The molecule has 0 spiro atoms. The lowest BCUT2D eigenvalue weighted by molar-refractivity contribution is 0.0904. The summed E-state index contributed by atoms with van der Waals surface area (Å²) in [6, 6.07) is 12.4. The average molecular weight is 450 g/mol. The number of hydrogen-bond donors (Lipinski definition) is 2. The fourth-order valence-corrected chi connectivity index (χ4v) is 4.59. The van der Waals surface area contributed by atoms with E-state index in [4.69, 9.17) is 17.0 Å². The Morgan fingerprint density at radius 1 is 1.12 bits per heavy atom. The molecule has 0 saturated carbocycles. The number of fused-ring (bicyclic) bond motifs is 1. The van der Waals surface area contributed by atoms with E-state index in [9.17, 15) is 4.79 Å². The molecule has 1 fully saturated rings. The van der Waals surface area contributed by atoms with Crippen molar-refractivity contribution < 1.29 is 4.74 Å². The van der Waals surface area contributed by atoms with Gasteiger partial charge in [-0.05, 0) is 81.6 Å². The normalized spacial score (nSPS) is 15.8. The molecule has 2 heterocycles. The molecule has 0 radical (unpaired) electrons. The van der Waals surface area contributed by atoms with Crippen molar-refractivity contribution in [1.29, 1.82) is 0 Å². The molecule has 0 amide bonds. The third-order valence-electron chi connectivity index (χ3n) is 6.24. The Bertz CT molecular complexity index is 1210. The molecule has 2 aromatic carbocycles. The summed E-state index contributed by atoms with van der Waals surface area (Å²) in [7, 11) is 0. The van der Waals surface area contributed by atoms with Crippen LogP contribution in [-0.4, -0.2) is 34.3 Å². The molecule has 1 saturated heterocycles. The van der Waals surface area contributed by atoms with Crippen molar-refractivity contribution in [2.75, 3.05) is 18.5 Å². The number of aryl methyl sites for hydroxylation is 4. The summed E-state index contributed by atoms with van der Waals surface area (Å²) < 4.78 is 5.88. The van der Waals surface area contributed by atoms with E-state index in [1.54, 1.807) is 0 Å². The van der Waals surface area contributed by atoms with Gasteiger partial charge >= 0.3 is 0 Å². The smallest absolute Gasteiger partial charge is 0.253 e. The van der Waals surface area contributed by atoms with Gasteiger partial charge in [0, 0.05) is 29.8 Å². The van der Waals surface area contributed by atoms with E-state index >= 15 is 0 Å². The Hall–Kier alpha value is -2.70. The first-order valence-electron chi connectivity index (χ1n) is 11.2. The lowest BCUT2D eigenvalue weighted by atomic mass is 10.0. The number of aromatic nitrogens is 1. The van der Waals surface area contributed by atoms with Crippen molar-refractivity contribution in [1.82, 2.24) is 9.88 Å². The zero-order chi connectivity index (χ0) is 22.8. The van der Waals surface area contributed by atoms with Gasteiger partial charge in [0.1, 0.15) is 0 Å². The molecule has 3 aromatic rings. The maximum atomic E-state index is 13.0. The molecule has 1 atom stereocenters. The third kappa shape index (κ3) is 4.87. The number of nitrogens with one attached hydrogen (secondary N) is 2. The fourth-order valence-electron chi connectivity index (χ4n) is 4.34. The average Bonchev–Trinajstić information content (AvgIpc) is 3.26. The summed E-state index contributed by atoms with van der Waals surface area (Å²) in [6.45, 7) is 10.1. The lowest BCUT2D eigenvalue weighted by Gasteiger charge is -2.28. The lowest BCUT2D eigenvalue weighted by Crippen LogP contribution is -2.40. The van der Waals surface area contributed by atoms with Gasteiger partial charge in [0.05, 0.1) is 18.2 Å². The highest BCUT2D eigenvalue weighted by atomic mass is 32.1. The highest BCUT2D eigenvalue weighted by Gasteiger charge is 2.22. The third-order valence-corrected chi connectivity index (χ3v) is 6.60. The van der Waals surface area contributed by atoms with Crippen molar-refractivity contribution in [3.63, 3.8) is 0 Å². The summed E-state index contributed by atoms with van der Waals surface area (Å²) >= 11 is 5.82. The van der Waals surface area contributed by atoms with E-state index in [1.165, 1.54) is 5.56 Å². The van der Waals surface area contributed by atoms with Crippen molar-refractivity contribution in [3.8, 4) is 0 Å². The van der Waals surface area contributed by atoms with E-state index in [1.807, 2.05) is 19.1 Å². The topological polar surface area (TPSA) is 57.4 Å². The van der Waals surface area contributed by atoms with Gasteiger partial charge in [-0.15, -0.1) is 0 Å². The molecule has 0 bridgehead atoms. The van der Waals surface area contributed by atoms with Crippen LogP contribution in [0.5, 0.6) is 0 Å². The molecule has 168 valence electrons. The van der Waals surface area contributed by atoms with Crippen molar-refractivity contribution >= 4 is 33.9 Å². The molecule has 6 heteroatoms. The maximum absolute atomic E-state index is 13.0. The minimum Gasteiger partial charge on any atom is -0.376 e. The SMILES string of the molecule is Cc1ccc(NC(=S)N(Cc2cc3c(C)ccc(C)c3[nH]c2=O)CC2CCCO2)c(C)c1. The van der Waals surface area contributed by atoms with Crippen molar-refractivity contribution in [2.24, 2.45) is 0 Å². The number of benzene rings is 2. The first-order valence-corrected chi connectivity index (χ1v) is 11.6. The second-order valence-electron chi connectivity index (χ2n) is 8.88. The molecule has 2 N–H and O–H groups in total. The first-order chi connectivity index (χ1) is 15.3. The van der Waals surface area contributed by atoms with Gasteiger partial charge in [-0.2, -0.15) is 0 Å². The summed E-state index contributed by atoms with van der Waals surface area (Å²) in [5.41, 5.74) is 7.08. The molecule has 4 rings (SSSR count). The fraction of sp³-hybridized carbons (Fsp3) is 0.385. The predicted octanol–water partition coefficient (Wildman–Crippen LogP) is 5.14. The van der Waals surface area contributed by atoms with Gasteiger partial charge in [0.15, 0.2) is 5.11 Å². The molecule has 1 unspecified atom stereocenters. The summed E-state index contributed by atoms with van der Waals surface area (Å²) in [5, 5.41) is 5.08. The van der Waals surface area contributed by atoms with Gasteiger partial charge in [-0.25, -0.2) is 0 Å². The predicted molar refractivity (Wildman–Crippen MR) is 136 cm³/mol. The molecule has 1 aliphatic rings. The number of ether oxygens (including phenoxy) is 1. The number of hydrogen-bond acceptors (Lipinski definition) is 3. The molecular weight excluding hydrogens is 418 g/mol. The van der Waals surface area contributed by atoms with Gasteiger partial charge < -0.3 is 19.9 Å². The van der Waals surface area contributed by atoms with E-state index < -0.39 is 0 Å². The minimum atomic E-state index is -0.0714. The zero-order valence-corrected chi connectivity index (χ0v) is 20.1. The number of H-pyrrole nitrogens is 1. The largest absolute Gasteiger partial charge is 0.376 e. The molecular formula is C26H31N3O2S. The second kappa shape index (κ2) is 9.43. The van der Waals surface area contributed by atoms with Crippen LogP contribution in [0.25, 0.3) is 10.9 Å². The number of anilines is 1. The highest BCUT2D eigenvalue weighted by molar-refractivity contribution is 7.80. The molecule has 32 heavy (non-hydrogen) atoms. The van der Waals surface area contributed by atoms with E-state index in [2.05, 4.69) is 60.2 Å². The summed E-state index contributed by atoms with van der Waals surface area (Å²) in [6.07, 6.45) is 2.19. The van der Waals surface area contributed by atoms with Crippen LogP contribution in [0.3, 0.4) is 0 Å². The number of thiocarbonyl (C=S) groups is 1. The van der Waals surface area contributed by atoms with E-state index in [-0.39, 0.29) is 11.7 Å². The van der Waals surface area contributed by atoms with Gasteiger partial charge in [0.25, 0.3) is 5.56 Å². The van der Waals surface area contributed by atoms with Crippen LogP contribution >= 0.6 is 12.2 Å². The van der Waals surface area contributed by atoms with E-state index in [0.717, 1.165) is 52.7 Å². The summed E-state index contributed by atoms with van der Waals surface area (Å²) in [4.78, 5) is 18.1. The molecule has 5 nitrogen and oxygen atoms in total. The van der Waals surface area contributed by atoms with Crippen molar-refractivity contribution in [2.45, 2.75) is 53.2 Å². The summed E-state index contributed by atoms with van der Waals surface area (Å²) in [5.74, 6) is 0. The van der Waals surface area contributed by atoms with Crippen LogP contribution in [-0.2, 0) is 11.3 Å². The number of rotatable bonds is 5. The van der Waals surface area contributed by atoms with Gasteiger partial charge in [0.2, 0.25) is 0 Å². The number of aromatic amines is 1. The van der Waals surface area contributed by atoms with E-state index in [0.29, 0.717) is 23.8 Å². The Labute approximate surface area is 194 Å². The van der Waals surface area contributed by atoms with Crippen LogP contribution in [0.15, 0.2) is 41.2 Å². The Morgan fingerprint density at radius 3 is 2.62 bits per heavy atom. The van der Waals surface area contributed by atoms with Crippen LogP contribution in [0.4, 0.5) is 5.69 Å². The number of nitrogens with zero attached hydrogens (tertiary/aromatic N) is 1. The molecule has 1 aromatic heterocycles.